The Balaban J connectivity index is 2.31. The molecule has 1 aliphatic heterocycles. The number of amides is 1. The topological polar surface area (TPSA) is 79.0 Å². The van der Waals surface area contributed by atoms with Crippen molar-refractivity contribution in [2.24, 2.45) is 0 Å². The first-order chi connectivity index (χ1) is 11.8. The molecule has 1 aliphatic rings. The second kappa shape index (κ2) is 8.53. The number of carbonyl (C=O) groups is 1. The van der Waals surface area contributed by atoms with Crippen molar-refractivity contribution in [2.45, 2.75) is 26.3 Å². The average Bonchev–Trinajstić information content (AvgIpc) is 2.59. The third-order valence-electron chi connectivity index (χ3n) is 4.21. The molecule has 1 fully saturated rings. The van der Waals surface area contributed by atoms with Crippen molar-refractivity contribution >= 4 is 27.3 Å². The van der Waals surface area contributed by atoms with Crippen LogP contribution in [0.15, 0.2) is 24.3 Å². The highest BCUT2D eigenvalue weighted by molar-refractivity contribution is 7.92. The molecule has 0 radical (unpaired) electrons. The molecule has 1 saturated heterocycles. The summed E-state index contributed by atoms with van der Waals surface area (Å²) in [5.41, 5.74) is 1.32. The second-order valence-corrected chi connectivity index (χ2v) is 8.14. The number of benzene rings is 1. The van der Waals surface area contributed by atoms with Crippen LogP contribution in [0, 0.1) is 0 Å². The van der Waals surface area contributed by atoms with Gasteiger partial charge >= 0.3 is 0 Å². The highest BCUT2D eigenvalue weighted by Gasteiger charge is 2.26. The highest BCUT2D eigenvalue weighted by atomic mass is 32.2. The smallest absolute Gasteiger partial charge is 0.240 e. The van der Waals surface area contributed by atoms with Gasteiger partial charge in [0.1, 0.15) is 6.54 Å². The molecule has 1 unspecified atom stereocenters. The number of rotatable bonds is 7. The molecular weight excluding hydrogens is 342 g/mol. The molecule has 0 aliphatic carbocycles. The van der Waals surface area contributed by atoms with Gasteiger partial charge in [0.05, 0.1) is 30.8 Å². The molecule has 1 heterocycles. The average molecular weight is 369 g/mol. The monoisotopic (exact) mass is 369 g/mol. The second-order valence-electron chi connectivity index (χ2n) is 6.23. The van der Waals surface area contributed by atoms with E-state index in [0.717, 1.165) is 18.4 Å². The maximum atomic E-state index is 12.4. The zero-order valence-corrected chi connectivity index (χ0v) is 15.9. The number of nitrogens with one attached hydrogen (secondary N) is 1. The van der Waals surface area contributed by atoms with Crippen LogP contribution in [0.2, 0.25) is 0 Å². The quantitative estimate of drug-likeness (QED) is 0.781. The molecule has 25 heavy (non-hydrogen) atoms. The van der Waals surface area contributed by atoms with Crippen LogP contribution in [0.5, 0.6) is 0 Å². The maximum absolute atomic E-state index is 12.4. The Bertz CT molecular complexity index is 687. The minimum atomic E-state index is -3.60. The number of carbonyl (C=O) groups excluding carboxylic acids is 1. The van der Waals surface area contributed by atoms with Gasteiger partial charge in [-0.25, -0.2) is 8.42 Å². The van der Waals surface area contributed by atoms with Crippen LogP contribution in [-0.2, 0) is 19.6 Å². The molecule has 140 valence electrons. The van der Waals surface area contributed by atoms with Gasteiger partial charge in [-0.3, -0.25) is 9.10 Å². The van der Waals surface area contributed by atoms with Crippen molar-refractivity contribution in [3.8, 4) is 0 Å². The molecule has 0 aromatic heterocycles. The van der Waals surface area contributed by atoms with Crippen molar-refractivity contribution in [3.63, 3.8) is 0 Å². The summed E-state index contributed by atoms with van der Waals surface area (Å²) in [6, 6.07) is 7.27. The van der Waals surface area contributed by atoms with Crippen molar-refractivity contribution in [1.82, 2.24) is 5.32 Å². The predicted molar refractivity (Wildman–Crippen MR) is 99.6 cm³/mol. The van der Waals surface area contributed by atoms with E-state index in [0.29, 0.717) is 32.0 Å². The van der Waals surface area contributed by atoms with Gasteiger partial charge in [0.25, 0.3) is 0 Å². The van der Waals surface area contributed by atoms with Crippen LogP contribution < -0.4 is 14.5 Å². The summed E-state index contributed by atoms with van der Waals surface area (Å²) in [7, 11) is -3.60. The van der Waals surface area contributed by atoms with Crippen molar-refractivity contribution in [2.75, 3.05) is 48.3 Å². The molecule has 1 amide bonds. The van der Waals surface area contributed by atoms with E-state index in [4.69, 9.17) is 4.74 Å². The summed E-state index contributed by atoms with van der Waals surface area (Å²) < 4.78 is 31.3. The van der Waals surface area contributed by atoms with Gasteiger partial charge in [-0.15, -0.1) is 0 Å². The fourth-order valence-corrected chi connectivity index (χ4v) is 3.54. The van der Waals surface area contributed by atoms with Gasteiger partial charge in [0, 0.05) is 19.1 Å². The van der Waals surface area contributed by atoms with Gasteiger partial charge < -0.3 is 15.0 Å². The lowest BCUT2D eigenvalue weighted by Crippen LogP contribution is -2.44. The molecule has 1 N–H and O–H groups in total. The lowest BCUT2D eigenvalue weighted by atomic mass is 10.2. The zero-order valence-electron chi connectivity index (χ0n) is 15.1. The minimum absolute atomic E-state index is 0.00315. The van der Waals surface area contributed by atoms with Crippen LogP contribution in [0.25, 0.3) is 0 Å². The first kappa shape index (κ1) is 19.5. The number of ether oxygens (including phenoxy) is 1. The number of nitrogens with zero attached hydrogens (tertiary/aromatic N) is 2. The summed E-state index contributed by atoms with van der Waals surface area (Å²) >= 11 is 0. The third kappa shape index (κ3) is 5.34. The normalized spacial score (nSPS) is 16.4. The predicted octanol–water partition coefficient (Wildman–Crippen LogP) is 1.20. The summed E-state index contributed by atoms with van der Waals surface area (Å²) in [6.45, 7) is 6.20. The molecule has 8 heteroatoms. The van der Waals surface area contributed by atoms with E-state index < -0.39 is 10.0 Å². The van der Waals surface area contributed by atoms with E-state index in [9.17, 15) is 13.2 Å². The van der Waals surface area contributed by atoms with Gasteiger partial charge in [-0.2, -0.15) is 0 Å². The lowest BCUT2D eigenvalue weighted by molar-refractivity contribution is -0.120. The third-order valence-corrected chi connectivity index (χ3v) is 5.34. The SMILES string of the molecule is CCC(C)NC(=O)CN(c1ccccc1N1CCOCC1)S(C)(=O)=O. The summed E-state index contributed by atoms with van der Waals surface area (Å²) in [5, 5.41) is 2.82. The van der Waals surface area contributed by atoms with Crippen LogP contribution in [-0.4, -0.2) is 59.5 Å². The minimum Gasteiger partial charge on any atom is -0.378 e. The fraction of sp³-hybridized carbons (Fsp3) is 0.588. The van der Waals surface area contributed by atoms with Gasteiger partial charge in [-0.05, 0) is 25.5 Å². The Kier molecular flexibility index (Phi) is 6.66. The van der Waals surface area contributed by atoms with E-state index >= 15 is 0 Å². The van der Waals surface area contributed by atoms with Crippen LogP contribution in [0.4, 0.5) is 11.4 Å². The van der Waals surface area contributed by atoms with Gasteiger partial charge in [0.15, 0.2) is 0 Å². The van der Waals surface area contributed by atoms with Crippen LogP contribution in [0.3, 0.4) is 0 Å². The van der Waals surface area contributed by atoms with Crippen molar-refractivity contribution in [1.29, 1.82) is 0 Å². The van der Waals surface area contributed by atoms with Crippen LogP contribution >= 0.6 is 0 Å². The molecule has 0 bridgehead atoms. The molecular formula is C17H27N3O4S. The first-order valence-corrected chi connectivity index (χ1v) is 10.4. The largest absolute Gasteiger partial charge is 0.378 e. The standard InChI is InChI=1S/C17H27N3O4S/c1-4-14(2)18-17(21)13-20(25(3,22)23)16-8-6-5-7-15(16)19-9-11-24-12-10-19/h5-8,14H,4,9-13H2,1-3H3,(H,18,21). The van der Waals surface area contributed by atoms with Gasteiger partial charge in [-0.1, -0.05) is 19.1 Å². The number of hydrogen-bond acceptors (Lipinski definition) is 5. The molecule has 2 rings (SSSR count). The number of para-hydroxylation sites is 2. The summed E-state index contributed by atoms with van der Waals surface area (Å²) in [4.78, 5) is 14.4. The first-order valence-electron chi connectivity index (χ1n) is 8.51. The maximum Gasteiger partial charge on any atom is 0.240 e. The summed E-state index contributed by atoms with van der Waals surface area (Å²) in [5.74, 6) is -0.309. The van der Waals surface area contributed by atoms with E-state index in [1.807, 2.05) is 26.0 Å². The Morgan fingerprint density at radius 1 is 1.32 bits per heavy atom. The van der Waals surface area contributed by atoms with E-state index in [2.05, 4.69) is 10.2 Å². The van der Waals surface area contributed by atoms with E-state index in [1.165, 1.54) is 4.31 Å². The zero-order chi connectivity index (χ0) is 18.4. The summed E-state index contributed by atoms with van der Waals surface area (Å²) in [6.07, 6.45) is 1.91. The van der Waals surface area contributed by atoms with Gasteiger partial charge in [0.2, 0.25) is 15.9 Å². The Labute approximate surface area is 150 Å². The molecule has 1 aromatic rings. The Morgan fingerprint density at radius 3 is 2.56 bits per heavy atom. The molecule has 0 spiro atoms. The molecule has 1 atom stereocenters. The number of morpholine rings is 1. The van der Waals surface area contributed by atoms with E-state index in [-0.39, 0.29) is 18.5 Å². The molecule has 0 saturated carbocycles. The molecule has 7 nitrogen and oxygen atoms in total. The Morgan fingerprint density at radius 2 is 1.96 bits per heavy atom. The number of hydrogen-bond donors (Lipinski definition) is 1. The highest BCUT2D eigenvalue weighted by Crippen LogP contribution is 2.31. The fourth-order valence-electron chi connectivity index (χ4n) is 2.68. The van der Waals surface area contributed by atoms with Crippen LogP contribution in [0.1, 0.15) is 20.3 Å². The number of anilines is 2. The lowest BCUT2D eigenvalue weighted by Gasteiger charge is -2.33. The van der Waals surface area contributed by atoms with Crippen molar-refractivity contribution < 1.29 is 17.9 Å². The number of sulfonamides is 1. The van der Waals surface area contributed by atoms with E-state index in [1.54, 1.807) is 12.1 Å². The molecule has 1 aromatic carbocycles. The van der Waals surface area contributed by atoms with Crippen molar-refractivity contribution in [3.05, 3.63) is 24.3 Å². The Hall–Kier alpha value is -1.80.